The number of rotatable bonds is 6. The number of methoxy groups -OCH3 is 1. The topological polar surface area (TPSA) is 95.6 Å². The number of hydrogen-bond acceptors (Lipinski definition) is 8. The fraction of sp³-hybridized carbons (Fsp3) is 0.320. The smallest absolute Gasteiger partial charge is 0.214 e. The van der Waals surface area contributed by atoms with Crippen molar-refractivity contribution in [1.29, 1.82) is 0 Å². The molecule has 0 fully saturated rings. The van der Waals surface area contributed by atoms with Gasteiger partial charge in [0.15, 0.2) is 11.6 Å². The van der Waals surface area contributed by atoms with E-state index < -0.39 is 0 Å². The standard InChI is InChI=1S/C23H24N8OS.C2H6/c1-13(2)31-10-7-16(29-31)19-14(3)18-20(26-15-6-8-24-17(12-15)32-5)27-21(28-23(18)33-19)22-25-9-11-30(22)4;1-2/h6-13H,1-5H3,(H,24,26,27,28);1-2H3. The predicted molar refractivity (Wildman–Crippen MR) is 141 cm³/mol. The third-order valence-corrected chi connectivity index (χ3v) is 6.60. The molecule has 5 aromatic rings. The number of pyridine rings is 1. The number of aromatic nitrogens is 7. The summed E-state index contributed by atoms with van der Waals surface area (Å²) in [7, 11) is 3.53. The van der Waals surface area contributed by atoms with Crippen molar-refractivity contribution in [3.63, 3.8) is 0 Å². The highest BCUT2D eigenvalue weighted by Crippen LogP contribution is 2.41. The molecule has 5 aromatic heterocycles. The van der Waals surface area contributed by atoms with Crippen LogP contribution in [0.5, 0.6) is 5.88 Å². The minimum absolute atomic E-state index is 0.294. The van der Waals surface area contributed by atoms with Gasteiger partial charge in [-0.2, -0.15) is 5.10 Å². The number of ether oxygens (including phenoxy) is 1. The summed E-state index contributed by atoms with van der Waals surface area (Å²) >= 11 is 1.61. The van der Waals surface area contributed by atoms with Crippen LogP contribution in [0.1, 0.15) is 39.3 Å². The Morgan fingerprint density at radius 2 is 1.86 bits per heavy atom. The van der Waals surface area contributed by atoms with Gasteiger partial charge in [0.1, 0.15) is 16.3 Å². The molecule has 0 aliphatic rings. The first-order chi connectivity index (χ1) is 16.9. The third kappa shape index (κ3) is 4.74. The molecule has 0 aromatic carbocycles. The van der Waals surface area contributed by atoms with E-state index in [-0.39, 0.29) is 0 Å². The molecule has 0 aliphatic carbocycles. The van der Waals surface area contributed by atoms with Crippen molar-refractivity contribution in [3.8, 4) is 28.1 Å². The molecule has 0 saturated carbocycles. The van der Waals surface area contributed by atoms with Gasteiger partial charge in [0.2, 0.25) is 5.88 Å². The molecule has 0 atom stereocenters. The molecule has 182 valence electrons. The highest BCUT2D eigenvalue weighted by molar-refractivity contribution is 7.22. The van der Waals surface area contributed by atoms with Gasteiger partial charge in [-0.3, -0.25) is 4.68 Å². The van der Waals surface area contributed by atoms with Crippen LogP contribution in [-0.2, 0) is 7.05 Å². The van der Waals surface area contributed by atoms with Gasteiger partial charge in [-0.25, -0.2) is 19.9 Å². The van der Waals surface area contributed by atoms with Crippen LogP contribution < -0.4 is 10.1 Å². The van der Waals surface area contributed by atoms with Crippen molar-refractivity contribution < 1.29 is 4.74 Å². The fourth-order valence-electron chi connectivity index (χ4n) is 3.64. The second kappa shape index (κ2) is 10.2. The van der Waals surface area contributed by atoms with E-state index in [0.717, 1.165) is 32.0 Å². The van der Waals surface area contributed by atoms with Crippen molar-refractivity contribution in [2.75, 3.05) is 12.4 Å². The lowest BCUT2D eigenvalue weighted by Crippen LogP contribution is -2.02. The summed E-state index contributed by atoms with van der Waals surface area (Å²) in [6, 6.07) is 6.05. The molecule has 35 heavy (non-hydrogen) atoms. The number of nitrogens with zero attached hydrogens (tertiary/aromatic N) is 7. The molecule has 0 bridgehead atoms. The van der Waals surface area contributed by atoms with Crippen molar-refractivity contribution in [2.24, 2.45) is 7.05 Å². The van der Waals surface area contributed by atoms with E-state index in [1.807, 2.05) is 60.7 Å². The highest BCUT2D eigenvalue weighted by atomic mass is 32.1. The molecular weight excluding hydrogens is 460 g/mol. The molecule has 0 saturated heterocycles. The Morgan fingerprint density at radius 1 is 1.06 bits per heavy atom. The lowest BCUT2D eigenvalue weighted by atomic mass is 10.1. The van der Waals surface area contributed by atoms with Crippen LogP contribution in [0.3, 0.4) is 0 Å². The average molecular weight is 491 g/mol. The molecule has 5 rings (SSSR count). The molecule has 0 amide bonds. The Morgan fingerprint density at radius 3 is 2.51 bits per heavy atom. The van der Waals surface area contributed by atoms with Crippen LogP contribution in [0, 0.1) is 6.92 Å². The second-order valence-corrected chi connectivity index (χ2v) is 8.98. The maximum absolute atomic E-state index is 5.28. The maximum Gasteiger partial charge on any atom is 0.214 e. The van der Waals surface area contributed by atoms with Gasteiger partial charge in [-0.1, -0.05) is 13.8 Å². The van der Waals surface area contributed by atoms with Gasteiger partial charge in [-0.15, -0.1) is 11.3 Å². The van der Waals surface area contributed by atoms with Crippen LogP contribution in [0.4, 0.5) is 11.5 Å². The highest BCUT2D eigenvalue weighted by Gasteiger charge is 2.21. The van der Waals surface area contributed by atoms with E-state index in [9.17, 15) is 0 Å². The van der Waals surface area contributed by atoms with Gasteiger partial charge in [-0.05, 0) is 38.5 Å². The minimum atomic E-state index is 0.294. The van der Waals surface area contributed by atoms with Gasteiger partial charge in [0.25, 0.3) is 0 Å². The molecule has 1 N–H and O–H groups in total. The quantitative estimate of drug-likeness (QED) is 0.311. The summed E-state index contributed by atoms with van der Waals surface area (Å²) in [5.74, 6) is 2.48. The average Bonchev–Trinajstić information content (AvgIpc) is 3.59. The van der Waals surface area contributed by atoms with Crippen molar-refractivity contribution in [1.82, 2.24) is 34.3 Å². The van der Waals surface area contributed by atoms with Gasteiger partial charge in [0.05, 0.1) is 17.4 Å². The van der Waals surface area contributed by atoms with E-state index in [4.69, 9.17) is 19.8 Å². The number of fused-ring (bicyclic) bond motifs is 1. The van der Waals surface area contributed by atoms with E-state index in [0.29, 0.717) is 29.4 Å². The summed E-state index contributed by atoms with van der Waals surface area (Å²) in [5, 5.41) is 9.18. The molecular formula is C25H30N8OS. The number of aryl methyl sites for hydroxylation is 2. The van der Waals surface area contributed by atoms with Crippen LogP contribution in [0.25, 0.3) is 32.4 Å². The van der Waals surface area contributed by atoms with Crippen LogP contribution >= 0.6 is 11.3 Å². The lowest BCUT2D eigenvalue weighted by molar-refractivity contribution is 0.398. The van der Waals surface area contributed by atoms with Gasteiger partial charge >= 0.3 is 0 Å². The van der Waals surface area contributed by atoms with E-state index in [1.54, 1.807) is 30.8 Å². The van der Waals surface area contributed by atoms with Crippen molar-refractivity contribution >= 4 is 33.1 Å². The second-order valence-electron chi connectivity index (χ2n) is 7.98. The Balaban J connectivity index is 0.00000141. The molecule has 9 nitrogen and oxygen atoms in total. The summed E-state index contributed by atoms with van der Waals surface area (Å²) in [4.78, 5) is 20.3. The first-order valence-electron chi connectivity index (χ1n) is 11.6. The number of nitrogens with one attached hydrogen (secondary N) is 1. The van der Waals surface area contributed by atoms with Crippen LogP contribution in [0.2, 0.25) is 0 Å². The van der Waals surface area contributed by atoms with E-state index in [2.05, 4.69) is 36.1 Å². The van der Waals surface area contributed by atoms with Crippen LogP contribution in [-0.4, -0.2) is 41.4 Å². The van der Waals surface area contributed by atoms with Crippen molar-refractivity contribution in [3.05, 3.63) is 48.5 Å². The Hall–Kier alpha value is -3.79. The summed E-state index contributed by atoms with van der Waals surface area (Å²) in [6.45, 7) is 10.3. The molecule has 0 unspecified atom stereocenters. The molecule has 0 spiro atoms. The first kappa shape index (κ1) is 24.3. The van der Waals surface area contributed by atoms with E-state index >= 15 is 0 Å². The van der Waals surface area contributed by atoms with Crippen molar-refractivity contribution in [2.45, 2.75) is 40.7 Å². The fourth-order valence-corrected chi connectivity index (χ4v) is 4.78. The zero-order valence-electron chi connectivity index (χ0n) is 21.1. The minimum Gasteiger partial charge on any atom is -0.481 e. The summed E-state index contributed by atoms with van der Waals surface area (Å²) in [6.07, 6.45) is 7.33. The Labute approximate surface area is 208 Å². The zero-order chi connectivity index (χ0) is 25.1. The zero-order valence-corrected chi connectivity index (χ0v) is 21.9. The van der Waals surface area contributed by atoms with Gasteiger partial charge in [0, 0.05) is 49.6 Å². The Kier molecular flexibility index (Phi) is 7.11. The summed E-state index contributed by atoms with van der Waals surface area (Å²) < 4.78 is 9.15. The molecule has 10 heteroatoms. The number of thiophene rings is 1. The number of imidazole rings is 1. The third-order valence-electron chi connectivity index (χ3n) is 5.39. The predicted octanol–water partition coefficient (Wildman–Crippen LogP) is 6.02. The number of anilines is 2. The number of hydrogen-bond donors (Lipinski definition) is 1. The SMILES string of the molecule is CC.COc1cc(Nc2nc(-c3nccn3C)nc3sc(-c4ccn(C(C)C)n4)c(C)c23)ccn1. The molecule has 0 radical (unpaired) electrons. The maximum atomic E-state index is 5.28. The summed E-state index contributed by atoms with van der Waals surface area (Å²) in [5.41, 5.74) is 2.84. The molecule has 5 heterocycles. The van der Waals surface area contributed by atoms with Gasteiger partial charge < -0.3 is 14.6 Å². The normalized spacial score (nSPS) is 11.0. The monoisotopic (exact) mass is 490 g/mol. The molecule has 0 aliphatic heterocycles. The largest absolute Gasteiger partial charge is 0.481 e. The lowest BCUT2D eigenvalue weighted by Gasteiger charge is -2.10. The Bertz CT molecular complexity index is 1450. The van der Waals surface area contributed by atoms with Crippen LogP contribution in [0.15, 0.2) is 43.0 Å². The van der Waals surface area contributed by atoms with E-state index in [1.165, 1.54) is 0 Å². The first-order valence-corrected chi connectivity index (χ1v) is 12.4.